The normalized spacial score (nSPS) is 25.6. The van der Waals surface area contributed by atoms with E-state index in [-0.39, 0.29) is 0 Å². The second-order valence-corrected chi connectivity index (χ2v) is 5.88. The van der Waals surface area contributed by atoms with Crippen LogP contribution in [0.5, 0.6) is 0 Å². The molecule has 1 nitrogen and oxygen atoms in total. The molecule has 0 saturated carbocycles. The lowest BCUT2D eigenvalue weighted by atomic mass is 9.74. The third-order valence-electron chi connectivity index (χ3n) is 3.47. The smallest absolute Gasteiger partial charge is 0.0160 e. The molecule has 0 N–H and O–H groups in total. The van der Waals surface area contributed by atoms with Crippen LogP contribution < -0.4 is 0 Å². The molecule has 0 aromatic rings. The van der Waals surface area contributed by atoms with Crippen molar-refractivity contribution in [2.24, 2.45) is 5.92 Å². The van der Waals surface area contributed by atoms with Gasteiger partial charge in [0.15, 0.2) is 0 Å². The van der Waals surface area contributed by atoms with E-state index >= 15 is 0 Å². The molecular weight excluding hydrogens is 182 g/mol. The molecule has 1 fully saturated rings. The van der Waals surface area contributed by atoms with Gasteiger partial charge in [-0.1, -0.05) is 27.7 Å². The highest BCUT2D eigenvalue weighted by atomic mass is 15.3. The summed E-state index contributed by atoms with van der Waals surface area (Å²) in [4.78, 5) is 2.65. The number of hydrogen-bond acceptors (Lipinski definition) is 1. The molecule has 1 aliphatic rings. The molecule has 1 rings (SSSR count). The Morgan fingerprint density at radius 3 is 1.60 bits per heavy atom. The van der Waals surface area contributed by atoms with Gasteiger partial charge in [-0.25, -0.2) is 0 Å². The molecular formula is C14H31N. The minimum absolute atomic E-state index is 0.385. The van der Waals surface area contributed by atoms with Crippen LogP contribution in [-0.4, -0.2) is 22.5 Å². The zero-order valence-electron chi connectivity index (χ0n) is 12.1. The van der Waals surface area contributed by atoms with Crippen molar-refractivity contribution in [3.05, 3.63) is 0 Å². The summed E-state index contributed by atoms with van der Waals surface area (Å²) in [6, 6.07) is 0. The summed E-state index contributed by atoms with van der Waals surface area (Å²) >= 11 is 0. The predicted molar refractivity (Wildman–Crippen MR) is 70.3 cm³/mol. The summed E-state index contributed by atoms with van der Waals surface area (Å²) in [7, 11) is 0. The summed E-state index contributed by atoms with van der Waals surface area (Å²) in [5, 5.41) is 0. The van der Waals surface area contributed by atoms with Crippen LogP contribution in [0, 0.1) is 5.92 Å². The molecule has 0 unspecified atom stereocenters. The van der Waals surface area contributed by atoms with Crippen molar-refractivity contribution < 1.29 is 0 Å². The minimum Gasteiger partial charge on any atom is -0.293 e. The number of nitrogens with zero attached hydrogens (tertiary/aromatic N) is 1. The van der Waals surface area contributed by atoms with Crippen molar-refractivity contribution in [1.82, 2.24) is 4.90 Å². The lowest BCUT2D eigenvalue weighted by molar-refractivity contribution is -0.0433. The highest BCUT2D eigenvalue weighted by Crippen LogP contribution is 2.40. The summed E-state index contributed by atoms with van der Waals surface area (Å²) in [5.74, 6) is 0.868. The zero-order valence-corrected chi connectivity index (χ0v) is 12.1. The van der Waals surface area contributed by atoms with Crippen molar-refractivity contribution in [3.63, 3.8) is 0 Å². The van der Waals surface area contributed by atoms with Gasteiger partial charge in [0.1, 0.15) is 0 Å². The molecule has 0 radical (unpaired) electrons. The molecule has 15 heavy (non-hydrogen) atoms. The molecule has 0 aliphatic carbocycles. The Morgan fingerprint density at radius 2 is 1.33 bits per heavy atom. The SMILES string of the molecule is CC.CCN1C(C)(C)CC(C)CC1(C)C. The van der Waals surface area contributed by atoms with Gasteiger partial charge in [-0.2, -0.15) is 0 Å². The average molecular weight is 213 g/mol. The maximum Gasteiger partial charge on any atom is 0.0160 e. The second kappa shape index (κ2) is 5.34. The first-order chi connectivity index (χ1) is 6.79. The monoisotopic (exact) mass is 213 g/mol. The molecule has 0 aromatic carbocycles. The fourth-order valence-corrected chi connectivity index (χ4v) is 3.67. The van der Waals surface area contributed by atoms with Crippen molar-refractivity contribution in [1.29, 1.82) is 0 Å². The summed E-state index contributed by atoms with van der Waals surface area (Å²) in [6.07, 6.45) is 2.68. The molecule has 1 heteroatoms. The Hall–Kier alpha value is -0.0400. The number of likely N-dealkylation sites (tertiary alicyclic amines) is 1. The van der Waals surface area contributed by atoms with Crippen LogP contribution in [0.4, 0.5) is 0 Å². The third-order valence-corrected chi connectivity index (χ3v) is 3.47. The van der Waals surface area contributed by atoms with Crippen LogP contribution in [0.3, 0.4) is 0 Å². The summed E-state index contributed by atoms with van der Waals surface area (Å²) < 4.78 is 0. The van der Waals surface area contributed by atoms with Crippen molar-refractivity contribution in [3.8, 4) is 0 Å². The maximum atomic E-state index is 2.65. The molecule has 0 atom stereocenters. The molecule has 1 saturated heterocycles. The Morgan fingerprint density at radius 1 is 1.00 bits per heavy atom. The largest absolute Gasteiger partial charge is 0.293 e. The lowest BCUT2D eigenvalue weighted by Crippen LogP contribution is -2.60. The van der Waals surface area contributed by atoms with E-state index in [9.17, 15) is 0 Å². The first kappa shape index (κ1) is 15.0. The molecule has 1 aliphatic heterocycles. The summed E-state index contributed by atoms with van der Waals surface area (Å²) in [5.41, 5.74) is 0.770. The molecule has 92 valence electrons. The topological polar surface area (TPSA) is 3.24 Å². The molecule has 1 heterocycles. The molecule has 0 spiro atoms. The third kappa shape index (κ3) is 3.48. The molecule has 0 bridgehead atoms. The van der Waals surface area contributed by atoms with Crippen LogP contribution in [0.25, 0.3) is 0 Å². The van der Waals surface area contributed by atoms with E-state index in [0.29, 0.717) is 11.1 Å². The first-order valence-electron chi connectivity index (χ1n) is 6.57. The van der Waals surface area contributed by atoms with Crippen LogP contribution in [-0.2, 0) is 0 Å². The molecule has 0 aromatic heterocycles. The van der Waals surface area contributed by atoms with Gasteiger partial charge in [0, 0.05) is 11.1 Å². The Kier molecular flexibility index (Phi) is 5.32. The van der Waals surface area contributed by atoms with Gasteiger partial charge in [0.25, 0.3) is 0 Å². The van der Waals surface area contributed by atoms with Crippen molar-refractivity contribution >= 4 is 0 Å². The van der Waals surface area contributed by atoms with E-state index in [1.807, 2.05) is 13.8 Å². The van der Waals surface area contributed by atoms with Crippen molar-refractivity contribution in [2.75, 3.05) is 6.54 Å². The van der Waals surface area contributed by atoms with Gasteiger partial charge < -0.3 is 0 Å². The van der Waals surface area contributed by atoms with E-state index in [2.05, 4.69) is 46.4 Å². The Labute approximate surface area is 97.2 Å². The van der Waals surface area contributed by atoms with E-state index in [1.54, 1.807) is 0 Å². The van der Waals surface area contributed by atoms with Crippen LogP contribution in [0.1, 0.15) is 68.2 Å². The van der Waals surface area contributed by atoms with Gasteiger partial charge in [0.05, 0.1) is 0 Å². The van der Waals surface area contributed by atoms with Gasteiger partial charge >= 0.3 is 0 Å². The zero-order chi connectivity index (χ0) is 12.3. The fraction of sp³-hybridized carbons (Fsp3) is 1.00. The first-order valence-corrected chi connectivity index (χ1v) is 6.57. The lowest BCUT2D eigenvalue weighted by Gasteiger charge is -2.54. The highest BCUT2D eigenvalue weighted by molar-refractivity contribution is 4.98. The average Bonchev–Trinajstić information content (AvgIpc) is 2.02. The second-order valence-electron chi connectivity index (χ2n) is 5.88. The van der Waals surface area contributed by atoms with E-state index < -0.39 is 0 Å². The quantitative estimate of drug-likeness (QED) is 0.627. The van der Waals surface area contributed by atoms with Crippen LogP contribution in [0.15, 0.2) is 0 Å². The van der Waals surface area contributed by atoms with Crippen molar-refractivity contribution in [2.45, 2.75) is 79.3 Å². The maximum absolute atomic E-state index is 2.65. The van der Waals surface area contributed by atoms with Gasteiger partial charge in [-0.3, -0.25) is 4.90 Å². The highest BCUT2D eigenvalue weighted by Gasteiger charge is 2.42. The van der Waals surface area contributed by atoms with Crippen LogP contribution in [0.2, 0.25) is 0 Å². The van der Waals surface area contributed by atoms with E-state index in [1.165, 1.54) is 19.4 Å². The number of piperidine rings is 1. The van der Waals surface area contributed by atoms with E-state index in [0.717, 1.165) is 5.92 Å². The van der Waals surface area contributed by atoms with Crippen LogP contribution >= 0.6 is 0 Å². The van der Waals surface area contributed by atoms with Gasteiger partial charge in [0.2, 0.25) is 0 Å². The van der Waals surface area contributed by atoms with Gasteiger partial charge in [-0.15, -0.1) is 0 Å². The molecule has 0 amide bonds. The fourth-order valence-electron chi connectivity index (χ4n) is 3.67. The summed E-state index contributed by atoms with van der Waals surface area (Å²) in [6.45, 7) is 19.4. The minimum atomic E-state index is 0.385. The standard InChI is InChI=1S/C12H25N.C2H6/c1-7-13-11(3,4)8-10(2)9-12(13,5)6;1-2/h10H,7-9H2,1-6H3;1-2H3. The number of rotatable bonds is 1. The van der Waals surface area contributed by atoms with E-state index in [4.69, 9.17) is 0 Å². The Balaban J connectivity index is 0.000000921. The number of hydrogen-bond donors (Lipinski definition) is 0. The predicted octanol–water partition coefficient (Wildman–Crippen LogP) is 4.32. The van der Waals surface area contributed by atoms with Gasteiger partial charge in [-0.05, 0) is 53.0 Å². The Bertz CT molecular complexity index is 164.